The molecule has 0 spiro atoms. The Balaban J connectivity index is 2.08. The van der Waals surface area contributed by atoms with Crippen molar-refractivity contribution in [3.05, 3.63) is 5.69 Å². The van der Waals surface area contributed by atoms with Gasteiger partial charge in [-0.15, -0.1) is 0 Å². The number of H-pyrrole nitrogens is 1. The van der Waals surface area contributed by atoms with Gasteiger partial charge in [0.15, 0.2) is 5.65 Å². The average molecular weight is 247 g/mol. The molecule has 1 unspecified atom stereocenters. The summed E-state index contributed by atoms with van der Waals surface area (Å²) >= 11 is 0. The first-order chi connectivity index (χ1) is 8.58. The second kappa shape index (κ2) is 4.00. The van der Waals surface area contributed by atoms with Crippen LogP contribution in [0.4, 0.5) is 5.82 Å². The third-order valence-electron chi connectivity index (χ3n) is 3.80. The van der Waals surface area contributed by atoms with Crippen molar-refractivity contribution in [3.63, 3.8) is 0 Å². The first-order valence-corrected chi connectivity index (χ1v) is 6.78. The maximum absolute atomic E-state index is 5.99. The second-order valence-electron chi connectivity index (χ2n) is 5.90. The number of nitrogens with two attached hydrogens (primary N) is 1. The van der Waals surface area contributed by atoms with Gasteiger partial charge in [-0.3, -0.25) is 5.10 Å². The predicted octanol–water partition coefficient (Wildman–Crippen LogP) is 2.51. The van der Waals surface area contributed by atoms with E-state index >= 15 is 0 Å². The number of aromatic nitrogens is 4. The third kappa shape index (κ3) is 1.78. The number of anilines is 1. The maximum Gasteiger partial charge on any atom is 0.182 e. The first-order valence-electron chi connectivity index (χ1n) is 6.78. The Bertz CT molecular complexity index is 561. The zero-order valence-corrected chi connectivity index (χ0v) is 11.3. The topological polar surface area (TPSA) is 72.5 Å². The van der Waals surface area contributed by atoms with E-state index in [4.69, 9.17) is 10.8 Å². The lowest BCUT2D eigenvalue weighted by Crippen LogP contribution is -2.10. The van der Waals surface area contributed by atoms with E-state index in [9.17, 15) is 0 Å². The number of aromatic amines is 1. The number of nitrogens with zero attached hydrogens (tertiary/aromatic N) is 3. The van der Waals surface area contributed by atoms with Crippen molar-refractivity contribution in [1.82, 2.24) is 20.0 Å². The minimum Gasteiger partial charge on any atom is -0.383 e. The van der Waals surface area contributed by atoms with Crippen LogP contribution in [0.15, 0.2) is 0 Å². The number of fused-ring (bicyclic) bond motifs is 1. The third-order valence-corrected chi connectivity index (χ3v) is 3.80. The van der Waals surface area contributed by atoms with Crippen LogP contribution in [0, 0.1) is 11.8 Å². The SMILES string of the molecule is CC(C)Cc1nn(C(C)C2CC2)c2n[nH]c(N)c12. The number of hydrogen-bond acceptors (Lipinski definition) is 3. The molecular weight excluding hydrogens is 226 g/mol. The summed E-state index contributed by atoms with van der Waals surface area (Å²) in [6.07, 6.45) is 3.56. The molecule has 5 heteroatoms. The Morgan fingerprint density at radius 1 is 1.39 bits per heavy atom. The summed E-state index contributed by atoms with van der Waals surface area (Å²) in [5.41, 5.74) is 7.99. The molecule has 2 aromatic rings. The van der Waals surface area contributed by atoms with E-state index in [-0.39, 0.29) is 0 Å². The fraction of sp³-hybridized carbons (Fsp3) is 0.692. The molecule has 1 saturated carbocycles. The largest absolute Gasteiger partial charge is 0.383 e. The maximum atomic E-state index is 5.99. The van der Waals surface area contributed by atoms with E-state index in [2.05, 4.69) is 35.7 Å². The number of nitrogen functional groups attached to an aromatic ring is 1. The average Bonchev–Trinajstić information content (AvgIpc) is 3.00. The lowest BCUT2D eigenvalue weighted by atomic mass is 10.1. The molecule has 3 rings (SSSR count). The molecule has 1 atom stereocenters. The van der Waals surface area contributed by atoms with Gasteiger partial charge in [-0.25, -0.2) is 4.68 Å². The van der Waals surface area contributed by atoms with Crippen LogP contribution in [-0.4, -0.2) is 20.0 Å². The summed E-state index contributed by atoms with van der Waals surface area (Å²) < 4.78 is 2.07. The molecule has 1 aliphatic rings. The van der Waals surface area contributed by atoms with Crippen LogP contribution in [-0.2, 0) is 6.42 Å². The molecule has 5 nitrogen and oxygen atoms in total. The van der Waals surface area contributed by atoms with E-state index in [0.717, 1.165) is 29.1 Å². The van der Waals surface area contributed by atoms with Crippen LogP contribution >= 0.6 is 0 Å². The van der Waals surface area contributed by atoms with E-state index in [0.29, 0.717) is 17.8 Å². The molecule has 0 bridgehead atoms. The quantitative estimate of drug-likeness (QED) is 0.872. The lowest BCUT2D eigenvalue weighted by molar-refractivity contribution is 0.443. The van der Waals surface area contributed by atoms with Crippen LogP contribution in [0.3, 0.4) is 0 Å². The van der Waals surface area contributed by atoms with Gasteiger partial charge in [0.05, 0.1) is 17.1 Å². The van der Waals surface area contributed by atoms with Crippen LogP contribution in [0.25, 0.3) is 11.0 Å². The summed E-state index contributed by atoms with van der Waals surface area (Å²) in [4.78, 5) is 0. The Morgan fingerprint density at radius 3 is 2.72 bits per heavy atom. The Kier molecular flexibility index (Phi) is 2.57. The van der Waals surface area contributed by atoms with Gasteiger partial charge in [-0.1, -0.05) is 13.8 Å². The van der Waals surface area contributed by atoms with Gasteiger partial charge in [-0.2, -0.15) is 10.2 Å². The summed E-state index contributed by atoms with van der Waals surface area (Å²) in [5.74, 6) is 1.98. The van der Waals surface area contributed by atoms with E-state index in [1.54, 1.807) is 0 Å². The Morgan fingerprint density at radius 2 is 2.11 bits per heavy atom. The van der Waals surface area contributed by atoms with Crippen LogP contribution < -0.4 is 5.73 Å². The number of hydrogen-bond donors (Lipinski definition) is 2. The van der Waals surface area contributed by atoms with Gasteiger partial charge in [0, 0.05) is 0 Å². The molecule has 18 heavy (non-hydrogen) atoms. The lowest BCUT2D eigenvalue weighted by Gasteiger charge is -2.10. The zero-order chi connectivity index (χ0) is 12.9. The van der Waals surface area contributed by atoms with Crippen molar-refractivity contribution in [2.45, 2.75) is 46.1 Å². The van der Waals surface area contributed by atoms with Gasteiger partial charge in [0.1, 0.15) is 5.82 Å². The van der Waals surface area contributed by atoms with Gasteiger partial charge in [0.25, 0.3) is 0 Å². The molecular formula is C13H21N5. The molecule has 0 radical (unpaired) electrons. The van der Waals surface area contributed by atoms with E-state index in [1.807, 2.05) is 0 Å². The van der Waals surface area contributed by atoms with Gasteiger partial charge in [0.2, 0.25) is 0 Å². The van der Waals surface area contributed by atoms with Gasteiger partial charge < -0.3 is 5.73 Å². The van der Waals surface area contributed by atoms with Crippen molar-refractivity contribution >= 4 is 16.9 Å². The predicted molar refractivity (Wildman–Crippen MR) is 72.3 cm³/mol. The Labute approximate surface area is 107 Å². The molecule has 1 fully saturated rings. The zero-order valence-electron chi connectivity index (χ0n) is 11.3. The smallest absolute Gasteiger partial charge is 0.182 e. The normalized spacial score (nSPS) is 17.8. The van der Waals surface area contributed by atoms with Crippen molar-refractivity contribution in [1.29, 1.82) is 0 Å². The summed E-state index contributed by atoms with van der Waals surface area (Å²) in [5, 5.41) is 13.0. The molecule has 0 saturated heterocycles. The first kappa shape index (κ1) is 11.6. The number of nitrogens with one attached hydrogen (secondary N) is 1. The van der Waals surface area contributed by atoms with Crippen LogP contribution in [0.5, 0.6) is 0 Å². The van der Waals surface area contributed by atoms with Crippen LogP contribution in [0.2, 0.25) is 0 Å². The standard InChI is InChI=1S/C13H21N5/c1-7(2)6-10-11-12(14)15-16-13(11)18(17-10)8(3)9-4-5-9/h7-9H,4-6H2,1-3H3,(H3,14,15,16). The van der Waals surface area contributed by atoms with Gasteiger partial charge >= 0.3 is 0 Å². The van der Waals surface area contributed by atoms with Crippen molar-refractivity contribution < 1.29 is 0 Å². The van der Waals surface area contributed by atoms with Crippen molar-refractivity contribution in [2.24, 2.45) is 11.8 Å². The van der Waals surface area contributed by atoms with E-state index < -0.39 is 0 Å². The van der Waals surface area contributed by atoms with Crippen molar-refractivity contribution in [2.75, 3.05) is 5.73 Å². The number of rotatable bonds is 4. The molecule has 2 heterocycles. The fourth-order valence-corrected chi connectivity index (χ4v) is 2.61. The molecule has 1 aliphatic carbocycles. The summed E-state index contributed by atoms with van der Waals surface area (Å²) in [6.45, 7) is 6.63. The van der Waals surface area contributed by atoms with Crippen LogP contribution in [0.1, 0.15) is 45.3 Å². The van der Waals surface area contributed by atoms with E-state index in [1.165, 1.54) is 12.8 Å². The molecule has 0 aliphatic heterocycles. The molecule has 0 amide bonds. The highest BCUT2D eigenvalue weighted by Gasteiger charge is 2.32. The minimum absolute atomic E-state index is 0.427. The highest BCUT2D eigenvalue weighted by atomic mass is 15.4. The molecule has 98 valence electrons. The molecule has 0 aromatic carbocycles. The summed E-state index contributed by atoms with van der Waals surface area (Å²) in [6, 6.07) is 0.427. The molecule has 3 N–H and O–H groups in total. The summed E-state index contributed by atoms with van der Waals surface area (Å²) in [7, 11) is 0. The minimum atomic E-state index is 0.427. The van der Waals surface area contributed by atoms with Gasteiger partial charge in [-0.05, 0) is 38.0 Å². The second-order valence-corrected chi connectivity index (χ2v) is 5.90. The highest BCUT2D eigenvalue weighted by Crippen LogP contribution is 2.40. The van der Waals surface area contributed by atoms with Crippen molar-refractivity contribution in [3.8, 4) is 0 Å². The fourth-order valence-electron chi connectivity index (χ4n) is 2.61. The monoisotopic (exact) mass is 247 g/mol. The Hall–Kier alpha value is -1.52. The molecule has 2 aromatic heterocycles. The highest BCUT2D eigenvalue weighted by molar-refractivity contribution is 5.89.